The summed E-state index contributed by atoms with van der Waals surface area (Å²) in [6.45, 7) is 8.14. The second-order valence-electron chi connectivity index (χ2n) is 3.70. The molecule has 14 heavy (non-hydrogen) atoms. The van der Waals surface area contributed by atoms with E-state index in [1.807, 2.05) is 6.92 Å². The maximum absolute atomic E-state index is 9.01. The molecule has 0 amide bonds. The van der Waals surface area contributed by atoms with Crippen molar-refractivity contribution in [2.24, 2.45) is 0 Å². The number of nitrogens with one attached hydrogen (secondary N) is 1. The predicted molar refractivity (Wildman–Crippen MR) is 59.5 cm³/mol. The molecule has 0 aromatic heterocycles. The third-order valence-electron chi connectivity index (χ3n) is 2.28. The average Bonchev–Trinajstić information content (AvgIpc) is 2.17. The molecular formula is C11H25NO2. The van der Waals surface area contributed by atoms with Gasteiger partial charge in [-0.25, -0.2) is 0 Å². The van der Waals surface area contributed by atoms with Crippen molar-refractivity contribution < 1.29 is 9.84 Å². The zero-order chi connectivity index (χ0) is 10.8. The molecule has 0 saturated carbocycles. The lowest BCUT2D eigenvalue weighted by atomic mass is 10.2. The zero-order valence-electron chi connectivity index (χ0n) is 9.75. The highest BCUT2D eigenvalue weighted by molar-refractivity contribution is 4.63. The molecule has 0 radical (unpaired) electrons. The molecule has 0 fully saturated rings. The lowest BCUT2D eigenvalue weighted by Gasteiger charge is -2.17. The van der Waals surface area contributed by atoms with Crippen molar-refractivity contribution >= 4 is 0 Å². The highest BCUT2D eigenvalue weighted by Gasteiger charge is 2.06. The minimum Gasteiger partial charge on any atom is -0.395 e. The fourth-order valence-electron chi connectivity index (χ4n) is 1.45. The average molecular weight is 203 g/mol. The summed E-state index contributed by atoms with van der Waals surface area (Å²) in [5.74, 6) is 0. The van der Waals surface area contributed by atoms with Crippen molar-refractivity contribution in [3.63, 3.8) is 0 Å². The lowest BCUT2D eigenvalue weighted by molar-refractivity contribution is 0.0495. The normalized spacial score (nSPS) is 15.4. The van der Waals surface area contributed by atoms with E-state index in [1.165, 1.54) is 0 Å². The Balaban J connectivity index is 3.40. The van der Waals surface area contributed by atoms with E-state index in [0.29, 0.717) is 6.10 Å². The Morgan fingerprint density at radius 3 is 2.50 bits per heavy atom. The minimum absolute atomic E-state index is 0.189. The van der Waals surface area contributed by atoms with Gasteiger partial charge in [0.2, 0.25) is 0 Å². The van der Waals surface area contributed by atoms with Crippen LogP contribution in [0.5, 0.6) is 0 Å². The van der Waals surface area contributed by atoms with Crippen LogP contribution in [-0.2, 0) is 4.74 Å². The maximum atomic E-state index is 9.01. The molecule has 0 aromatic carbocycles. The summed E-state index contributed by atoms with van der Waals surface area (Å²) in [6.07, 6.45) is 3.52. The Hall–Kier alpha value is -0.120. The lowest BCUT2D eigenvalue weighted by Crippen LogP contribution is -2.33. The number of aliphatic hydroxyl groups excluding tert-OH is 1. The Morgan fingerprint density at radius 1 is 1.29 bits per heavy atom. The summed E-state index contributed by atoms with van der Waals surface area (Å²) in [4.78, 5) is 0. The van der Waals surface area contributed by atoms with Crippen LogP contribution in [0.1, 0.15) is 40.0 Å². The van der Waals surface area contributed by atoms with Crippen LogP contribution in [0.3, 0.4) is 0 Å². The van der Waals surface area contributed by atoms with Crippen LogP contribution in [0, 0.1) is 0 Å². The van der Waals surface area contributed by atoms with Crippen molar-refractivity contribution in [3.8, 4) is 0 Å². The van der Waals surface area contributed by atoms with Crippen LogP contribution < -0.4 is 5.32 Å². The van der Waals surface area contributed by atoms with Crippen LogP contribution in [0.25, 0.3) is 0 Å². The van der Waals surface area contributed by atoms with Crippen LogP contribution in [0.4, 0.5) is 0 Å². The first-order valence-corrected chi connectivity index (χ1v) is 5.70. The molecule has 2 unspecified atom stereocenters. The summed E-state index contributed by atoms with van der Waals surface area (Å²) in [6, 6.07) is 0.189. The van der Waals surface area contributed by atoms with Gasteiger partial charge in [-0.1, -0.05) is 20.3 Å². The van der Waals surface area contributed by atoms with Crippen LogP contribution >= 0.6 is 0 Å². The summed E-state index contributed by atoms with van der Waals surface area (Å²) < 4.78 is 5.61. The molecule has 0 bridgehead atoms. The Kier molecular flexibility index (Phi) is 9.35. The molecule has 3 heteroatoms. The molecule has 0 aliphatic rings. The second-order valence-corrected chi connectivity index (χ2v) is 3.70. The van der Waals surface area contributed by atoms with Gasteiger partial charge in [-0.15, -0.1) is 0 Å². The van der Waals surface area contributed by atoms with Gasteiger partial charge in [0, 0.05) is 12.6 Å². The number of hydrogen-bond acceptors (Lipinski definition) is 3. The predicted octanol–water partition coefficient (Wildman–Crippen LogP) is 1.55. The van der Waals surface area contributed by atoms with E-state index in [1.54, 1.807) is 0 Å². The first-order chi connectivity index (χ1) is 6.74. The Morgan fingerprint density at radius 2 is 2.00 bits per heavy atom. The fraction of sp³-hybridized carbons (Fsp3) is 1.00. The van der Waals surface area contributed by atoms with Crippen LogP contribution in [-0.4, -0.2) is 37.0 Å². The number of hydrogen-bond donors (Lipinski definition) is 2. The number of aliphatic hydroxyl groups is 1. The monoisotopic (exact) mass is 203 g/mol. The van der Waals surface area contributed by atoms with E-state index in [0.717, 1.165) is 32.4 Å². The minimum atomic E-state index is 0.189. The summed E-state index contributed by atoms with van der Waals surface area (Å²) in [5.41, 5.74) is 0. The van der Waals surface area contributed by atoms with Crippen molar-refractivity contribution in [1.82, 2.24) is 5.32 Å². The van der Waals surface area contributed by atoms with E-state index in [4.69, 9.17) is 9.84 Å². The van der Waals surface area contributed by atoms with E-state index >= 15 is 0 Å². The van der Waals surface area contributed by atoms with Crippen LogP contribution in [0.2, 0.25) is 0 Å². The Labute approximate surface area is 87.8 Å². The maximum Gasteiger partial charge on any atom is 0.0585 e. The van der Waals surface area contributed by atoms with Gasteiger partial charge in [0.25, 0.3) is 0 Å². The van der Waals surface area contributed by atoms with Crippen molar-refractivity contribution in [1.29, 1.82) is 0 Å². The van der Waals surface area contributed by atoms with Gasteiger partial charge in [0.15, 0.2) is 0 Å². The molecule has 0 heterocycles. The summed E-state index contributed by atoms with van der Waals surface area (Å²) >= 11 is 0. The quantitative estimate of drug-likeness (QED) is 0.597. The molecule has 0 saturated heterocycles. The first kappa shape index (κ1) is 13.9. The summed E-state index contributed by atoms with van der Waals surface area (Å²) in [7, 11) is 0. The molecule has 0 aromatic rings. The third kappa shape index (κ3) is 7.30. The Bertz CT molecular complexity index is 120. The number of ether oxygens (including phenoxy) is 1. The molecule has 0 spiro atoms. The van der Waals surface area contributed by atoms with Gasteiger partial charge in [0.1, 0.15) is 0 Å². The first-order valence-electron chi connectivity index (χ1n) is 5.70. The van der Waals surface area contributed by atoms with Crippen molar-refractivity contribution in [2.45, 2.75) is 52.2 Å². The van der Waals surface area contributed by atoms with Gasteiger partial charge >= 0.3 is 0 Å². The molecular weight excluding hydrogens is 178 g/mol. The molecule has 0 aliphatic heterocycles. The molecule has 3 nitrogen and oxygen atoms in total. The second kappa shape index (κ2) is 9.44. The highest BCUT2D eigenvalue weighted by atomic mass is 16.5. The molecule has 2 N–H and O–H groups in total. The SMILES string of the molecule is CCCC(C)OCCC(CO)NCC. The van der Waals surface area contributed by atoms with Gasteiger partial charge in [-0.05, 0) is 26.3 Å². The number of rotatable bonds is 9. The van der Waals surface area contributed by atoms with E-state index in [2.05, 4.69) is 19.2 Å². The van der Waals surface area contributed by atoms with Crippen molar-refractivity contribution in [3.05, 3.63) is 0 Å². The van der Waals surface area contributed by atoms with Gasteiger partial charge in [-0.2, -0.15) is 0 Å². The largest absolute Gasteiger partial charge is 0.395 e. The molecule has 86 valence electrons. The molecule has 2 atom stereocenters. The highest BCUT2D eigenvalue weighted by Crippen LogP contribution is 2.02. The molecule has 0 rings (SSSR count). The third-order valence-corrected chi connectivity index (χ3v) is 2.28. The standard InChI is InChI=1S/C11H25NO2/c1-4-6-10(3)14-8-7-11(9-13)12-5-2/h10-13H,4-9H2,1-3H3. The zero-order valence-corrected chi connectivity index (χ0v) is 9.75. The molecule has 0 aliphatic carbocycles. The van der Waals surface area contributed by atoms with Gasteiger partial charge in [0.05, 0.1) is 12.7 Å². The van der Waals surface area contributed by atoms with Gasteiger partial charge < -0.3 is 15.2 Å². The van der Waals surface area contributed by atoms with E-state index in [9.17, 15) is 0 Å². The fourth-order valence-corrected chi connectivity index (χ4v) is 1.45. The smallest absolute Gasteiger partial charge is 0.0585 e. The van der Waals surface area contributed by atoms with Crippen LogP contribution in [0.15, 0.2) is 0 Å². The number of likely N-dealkylation sites (N-methyl/N-ethyl adjacent to an activating group) is 1. The van der Waals surface area contributed by atoms with E-state index < -0.39 is 0 Å². The van der Waals surface area contributed by atoms with Gasteiger partial charge in [-0.3, -0.25) is 0 Å². The van der Waals surface area contributed by atoms with E-state index in [-0.39, 0.29) is 12.6 Å². The topological polar surface area (TPSA) is 41.5 Å². The van der Waals surface area contributed by atoms with Crippen molar-refractivity contribution in [2.75, 3.05) is 19.8 Å². The summed E-state index contributed by atoms with van der Waals surface area (Å²) in [5, 5.41) is 12.2.